The Kier molecular flexibility index (Phi) is 6.10. The number of anilines is 1. The molecule has 0 unspecified atom stereocenters. The topological polar surface area (TPSA) is 58.6 Å². The summed E-state index contributed by atoms with van der Waals surface area (Å²) in [6, 6.07) is 12.6. The molecule has 31 heavy (non-hydrogen) atoms. The first-order valence-corrected chi connectivity index (χ1v) is 10.9. The van der Waals surface area contributed by atoms with Crippen LogP contribution in [0, 0.1) is 25.6 Å². The Labute approximate surface area is 182 Å². The lowest BCUT2D eigenvalue weighted by Crippen LogP contribution is -2.46. The molecule has 0 spiro atoms. The third kappa shape index (κ3) is 4.49. The molecule has 2 aromatic carbocycles. The minimum Gasteiger partial charge on any atom is -0.381 e. The highest BCUT2D eigenvalue weighted by molar-refractivity contribution is 6.00. The summed E-state index contributed by atoms with van der Waals surface area (Å²) in [6.45, 7) is 5.95. The molecule has 164 valence electrons. The van der Waals surface area contributed by atoms with Gasteiger partial charge in [0, 0.05) is 43.8 Å². The smallest absolute Gasteiger partial charge is 0.227 e. The van der Waals surface area contributed by atoms with Crippen LogP contribution in [-0.2, 0) is 19.7 Å². The van der Waals surface area contributed by atoms with Gasteiger partial charge in [0.05, 0.1) is 5.92 Å². The van der Waals surface area contributed by atoms with Crippen LogP contribution in [0.1, 0.15) is 36.0 Å². The molecule has 0 aliphatic carbocycles. The van der Waals surface area contributed by atoms with Crippen LogP contribution in [0.2, 0.25) is 0 Å². The average molecular weight is 425 g/mol. The highest BCUT2D eigenvalue weighted by Crippen LogP contribution is 2.35. The third-order valence-corrected chi connectivity index (χ3v) is 6.63. The van der Waals surface area contributed by atoms with Gasteiger partial charge in [-0.25, -0.2) is 4.39 Å². The van der Waals surface area contributed by atoms with Crippen LogP contribution in [0.25, 0.3) is 0 Å². The Bertz CT molecular complexity index is 984. The monoisotopic (exact) mass is 424 g/mol. The van der Waals surface area contributed by atoms with E-state index in [0.29, 0.717) is 26.3 Å². The van der Waals surface area contributed by atoms with Gasteiger partial charge in [0.25, 0.3) is 0 Å². The molecule has 6 heteroatoms. The van der Waals surface area contributed by atoms with E-state index in [-0.39, 0.29) is 29.5 Å². The van der Waals surface area contributed by atoms with Crippen LogP contribution in [0.4, 0.5) is 10.1 Å². The minimum absolute atomic E-state index is 0.0296. The second-order valence-electron chi connectivity index (χ2n) is 8.82. The van der Waals surface area contributed by atoms with Crippen LogP contribution >= 0.6 is 0 Å². The van der Waals surface area contributed by atoms with Crippen molar-refractivity contribution < 1.29 is 18.7 Å². The fourth-order valence-corrected chi connectivity index (χ4v) is 4.77. The number of rotatable bonds is 5. The number of nitrogens with one attached hydrogen (secondary N) is 1. The molecule has 2 aliphatic rings. The molecule has 1 atom stereocenters. The number of benzene rings is 2. The number of hydrogen-bond acceptors (Lipinski definition) is 3. The SMILES string of the molecule is Cc1ccc(N2C[C@H](C(=O)NCC3(c4cccc(F)c4)CCOCC3)CC2=O)c(C)c1. The summed E-state index contributed by atoms with van der Waals surface area (Å²) in [7, 11) is 0. The molecule has 2 saturated heterocycles. The van der Waals surface area contributed by atoms with Crippen molar-refractivity contribution >= 4 is 17.5 Å². The average Bonchev–Trinajstić information content (AvgIpc) is 3.14. The van der Waals surface area contributed by atoms with E-state index >= 15 is 0 Å². The van der Waals surface area contributed by atoms with E-state index in [1.165, 1.54) is 6.07 Å². The van der Waals surface area contributed by atoms with Crippen molar-refractivity contribution in [3.63, 3.8) is 0 Å². The zero-order chi connectivity index (χ0) is 22.0. The summed E-state index contributed by atoms with van der Waals surface area (Å²) in [6.07, 6.45) is 1.64. The summed E-state index contributed by atoms with van der Waals surface area (Å²) in [4.78, 5) is 27.4. The molecule has 5 nitrogen and oxygen atoms in total. The van der Waals surface area contributed by atoms with E-state index in [4.69, 9.17) is 4.74 Å². The lowest BCUT2D eigenvalue weighted by Gasteiger charge is -2.38. The number of halogens is 1. The third-order valence-electron chi connectivity index (χ3n) is 6.63. The molecular weight excluding hydrogens is 395 g/mol. The Morgan fingerprint density at radius 2 is 1.97 bits per heavy atom. The number of nitrogens with zero attached hydrogens (tertiary/aromatic N) is 1. The van der Waals surface area contributed by atoms with E-state index in [1.54, 1.807) is 17.0 Å². The Morgan fingerprint density at radius 1 is 1.19 bits per heavy atom. The van der Waals surface area contributed by atoms with E-state index in [9.17, 15) is 14.0 Å². The molecule has 2 amide bonds. The predicted molar refractivity (Wildman–Crippen MR) is 118 cm³/mol. The number of hydrogen-bond donors (Lipinski definition) is 1. The molecule has 0 bridgehead atoms. The summed E-state index contributed by atoms with van der Waals surface area (Å²) in [5.41, 5.74) is 3.57. The molecule has 1 N–H and O–H groups in total. The maximum Gasteiger partial charge on any atom is 0.227 e. The standard InChI is InChI=1S/C25H29FN2O3/c1-17-6-7-22(18(2)12-17)28-15-19(13-23(28)29)24(30)27-16-25(8-10-31-11-9-25)20-4-3-5-21(26)14-20/h3-7,12,14,19H,8-11,13,15-16H2,1-2H3,(H,27,30)/t19-/m1/s1. The molecule has 2 aromatic rings. The fraction of sp³-hybridized carbons (Fsp3) is 0.440. The van der Waals surface area contributed by atoms with Crippen molar-refractivity contribution in [2.75, 3.05) is 31.2 Å². The number of aryl methyl sites for hydroxylation is 2. The largest absolute Gasteiger partial charge is 0.381 e. The predicted octanol–water partition coefficient (Wildman–Crippen LogP) is 3.66. The maximum absolute atomic E-state index is 13.9. The quantitative estimate of drug-likeness (QED) is 0.797. The van der Waals surface area contributed by atoms with Gasteiger partial charge in [-0.2, -0.15) is 0 Å². The second kappa shape index (κ2) is 8.79. The van der Waals surface area contributed by atoms with E-state index in [2.05, 4.69) is 5.32 Å². The second-order valence-corrected chi connectivity index (χ2v) is 8.82. The molecule has 2 fully saturated rings. The molecule has 0 radical (unpaired) electrons. The normalized spacial score (nSPS) is 20.7. The number of carbonyl (C=O) groups excluding carboxylic acids is 2. The summed E-state index contributed by atoms with van der Waals surface area (Å²) in [5.74, 6) is -0.821. The van der Waals surface area contributed by atoms with Gasteiger partial charge < -0.3 is 15.0 Å². The van der Waals surface area contributed by atoms with Gasteiger partial charge in [-0.05, 0) is 56.0 Å². The van der Waals surface area contributed by atoms with Crippen LogP contribution in [-0.4, -0.2) is 38.1 Å². The lowest BCUT2D eigenvalue weighted by atomic mass is 9.74. The maximum atomic E-state index is 13.9. The first kappa shape index (κ1) is 21.5. The van der Waals surface area contributed by atoms with Crippen molar-refractivity contribution in [2.45, 2.75) is 38.5 Å². The zero-order valence-corrected chi connectivity index (χ0v) is 18.1. The summed E-state index contributed by atoms with van der Waals surface area (Å²) < 4.78 is 19.4. The van der Waals surface area contributed by atoms with Gasteiger partial charge in [0.15, 0.2) is 0 Å². The Balaban J connectivity index is 1.45. The highest BCUT2D eigenvalue weighted by Gasteiger charge is 2.39. The Hall–Kier alpha value is -2.73. The molecular formula is C25H29FN2O3. The van der Waals surface area contributed by atoms with Gasteiger partial charge in [-0.3, -0.25) is 9.59 Å². The van der Waals surface area contributed by atoms with Gasteiger partial charge >= 0.3 is 0 Å². The van der Waals surface area contributed by atoms with Crippen LogP contribution in [0.3, 0.4) is 0 Å². The van der Waals surface area contributed by atoms with E-state index < -0.39 is 5.92 Å². The van der Waals surface area contributed by atoms with Gasteiger partial charge in [-0.15, -0.1) is 0 Å². The van der Waals surface area contributed by atoms with Crippen molar-refractivity contribution in [2.24, 2.45) is 5.92 Å². The van der Waals surface area contributed by atoms with Gasteiger partial charge in [0.2, 0.25) is 11.8 Å². The van der Waals surface area contributed by atoms with Gasteiger partial charge in [-0.1, -0.05) is 29.8 Å². The van der Waals surface area contributed by atoms with Crippen molar-refractivity contribution in [3.8, 4) is 0 Å². The van der Waals surface area contributed by atoms with Crippen LogP contribution in [0.15, 0.2) is 42.5 Å². The molecule has 0 saturated carbocycles. The molecule has 4 rings (SSSR count). The van der Waals surface area contributed by atoms with E-state index in [1.807, 2.05) is 38.1 Å². The minimum atomic E-state index is -0.391. The van der Waals surface area contributed by atoms with E-state index in [0.717, 1.165) is 35.2 Å². The van der Waals surface area contributed by atoms with Crippen molar-refractivity contribution in [1.82, 2.24) is 5.32 Å². The lowest BCUT2D eigenvalue weighted by molar-refractivity contribution is -0.126. The highest BCUT2D eigenvalue weighted by atomic mass is 19.1. The van der Waals surface area contributed by atoms with Crippen molar-refractivity contribution in [1.29, 1.82) is 0 Å². The first-order valence-electron chi connectivity index (χ1n) is 10.9. The summed E-state index contributed by atoms with van der Waals surface area (Å²) >= 11 is 0. The summed E-state index contributed by atoms with van der Waals surface area (Å²) in [5, 5.41) is 3.07. The molecule has 0 aromatic heterocycles. The van der Waals surface area contributed by atoms with Crippen molar-refractivity contribution in [3.05, 3.63) is 65.0 Å². The number of amides is 2. The van der Waals surface area contributed by atoms with Crippen LogP contribution in [0.5, 0.6) is 0 Å². The zero-order valence-electron chi connectivity index (χ0n) is 18.1. The molecule has 2 aliphatic heterocycles. The fourth-order valence-electron chi connectivity index (χ4n) is 4.77. The van der Waals surface area contributed by atoms with Crippen LogP contribution < -0.4 is 10.2 Å². The number of carbonyl (C=O) groups is 2. The molecule has 2 heterocycles. The van der Waals surface area contributed by atoms with Gasteiger partial charge in [0.1, 0.15) is 5.82 Å². The Morgan fingerprint density at radius 3 is 2.68 bits per heavy atom. The number of ether oxygens (including phenoxy) is 1. The first-order chi connectivity index (χ1) is 14.9.